The van der Waals surface area contributed by atoms with Crippen molar-refractivity contribution in [2.75, 3.05) is 12.8 Å². The van der Waals surface area contributed by atoms with Crippen LogP contribution in [0.15, 0.2) is 36.7 Å². The monoisotopic (exact) mass is 272 g/mol. The van der Waals surface area contributed by atoms with E-state index in [0.29, 0.717) is 17.9 Å². The molecule has 2 heterocycles. The van der Waals surface area contributed by atoms with Crippen molar-refractivity contribution in [1.29, 1.82) is 0 Å². The fourth-order valence-corrected chi connectivity index (χ4v) is 2.10. The van der Waals surface area contributed by atoms with Gasteiger partial charge in [0.05, 0.1) is 17.9 Å². The molecule has 0 unspecified atom stereocenters. The van der Waals surface area contributed by atoms with Gasteiger partial charge in [0.1, 0.15) is 5.69 Å². The van der Waals surface area contributed by atoms with Gasteiger partial charge >= 0.3 is 0 Å². The lowest BCUT2D eigenvalue weighted by molar-refractivity contribution is 0.0771. The van der Waals surface area contributed by atoms with E-state index in [1.165, 1.54) is 0 Å². The molecule has 0 aliphatic carbocycles. The zero-order chi connectivity index (χ0) is 14.7. The van der Waals surface area contributed by atoms with Crippen LogP contribution in [0.2, 0.25) is 0 Å². The maximum atomic E-state index is 12.5. The van der Waals surface area contributed by atoms with Crippen molar-refractivity contribution in [1.82, 2.24) is 14.5 Å². The summed E-state index contributed by atoms with van der Waals surface area (Å²) in [5, 5.41) is 0. The Morgan fingerprint density at radius 1 is 1.45 bits per heavy atom. The minimum absolute atomic E-state index is 0.0546. The molecule has 2 rings (SSSR count). The van der Waals surface area contributed by atoms with Gasteiger partial charge in [0, 0.05) is 25.5 Å². The van der Waals surface area contributed by atoms with Crippen molar-refractivity contribution in [3.8, 4) is 0 Å². The first kappa shape index (κ1) is 14.1. The van der Waals surface area contributed by atoms with Gasteiger partial charge in [-0.25, -0.2) is 0 Å². The van der Waals surface area contributed by atoms with Crippen LogP contribution in [0.4, 0.5) is 5.69 Å². The highest BCUT2D eigenvalue weighted by molar-refractivity contribution is 5.93. The quantitative estimate of drug-likeness (QED) is 0.929. The average molecular weight is 272 g/mol. The molecular weight excluding hydrogens is 252 g/mol. The van der Waals surface area contributed by atoms with Crippen molar-refractivity contribution in [2.45, 2.75) is 26.4 Å². The minimum atomic E-state index is -0.0546. The summed E-state index contributed by atoms with van der Waals surface area (Å²) in [6, 6.07) is 7.58. The predicted octanol–water partition coefficient (Wildman–Crippen LogP) is 2.32. The van der Waals surface area contributed by atoms with Crippen LogP contribution in [-0.2, 0) is 6.54 Å². The molecule has 0 radical (unpaired) electrons. The smallest absolute Gasteiger partial charge is 0.270 e. The highest BCUT2D eigenvalue weighted by atomic mass is 16.2. The van der Waals surface area contributed by atoms with Crippen molar-refractivity contribution < 1.29 is 4.79 Å². The van der Waals surface area contributed by atoms with Crippen LogP contribution in [0.25, 0.3) is 0 Å². The normalized spacial score (nSPS) is 10.8. The van der Waals surface area contributed by atoms with Crippen LogP contribution in [-0.4, -0.2) is 27.4 Å². The third kappa shape index (κ3) is 2.99. The molecule has 0 aromatic carbocycles. The zero-order valence-corrected chi connectivity index (χ0v) is 12.1. The Morgan fingerprint density at radius 3 is 2.80 bits per heavy atom. The van der Waals surface area contributed by atoms with E-state index in [-0.39, 0.29) is 11.9 Å². The van der Waals surface area contributed by atoms with Crippen LogP contribution < -0.4 is 5.73 Å². The van der Waals surface area contributed by atoms with Gasteiger partial charge in [0.25, 0.3) is 5.91 Å². The minimum Gasteiger partial charge on any atom is -0.397 e. The maximum absolute atomic E-state index is 12.5. The number of anilines is 1. The molecule has 0 aliphatic heterocycles. The van der Waals surface area contributed by atoms with Crippen LogP contribution in [0.5, 0.6) is 0 Å². The number of nitrogens with two attached hydrogens (primary N) is 1. The van der Waals surface area contributed by atoms with Crippen molar-refractivity contribution in [3.05, 3.63) is 48.0 Å². The Kier molecular flexibility index (Phi) is 4.08. The summed E-state index contributed by atoms with van der Waals surface area (Å²) in [4.78, 5) is 18.4. The number of rotatable bonds is 4. The second-order valence-electron chi connectivity index (χ2n) is 5.14. The highest BCUT2D eigenvalue weighted by Gasteiger charge is 2.18. The van der Waals surface area contributed by atoms with Gasteiger partial charge in [-0.1, -0.05) is 6.07 Å². The first-order valence-corrected chi connectivity index (χ1v) is 6.61. The Balaban J connectivity index is 2.19. The molecule has 0 saturated heterocycles. The van der Waals surface area contributed by atoms with Gasteiger partial charge in [0.2, 0.25) is 0 Å². The zero-order valence-electron chi connectivity index (χ0n) is 12.1. The number of nitrogens with zero attached hydrogens (tertiary/aromatic N) is 3. The molecule has 0 bridgehead atoms. The second kappa shape index (κ2) is 5.77. The topological polar surface area (TPSA) is 64.2 Å². The largest absolute Gasteiger partial charge is 0.397 e. The summed E-state index contributed by atoms with van der Waals surface area (Å²) < 4.78 is 1.90. The van der Waals surface area contributed by atoms with Crippen molar-refractivity contribution >= 4 is 11.6 Å². The maximum Gasteiger partial charge on any atom is 0.270 e. The molecule has 20 heavy (non-hydrogen) atoms. The SMILES string of the molecule is CC(C)n1cc(N)cc1C(=O)N(C)Cc1ccccn1. The lowest BCUT2D eigenvalue weighted by atomic mass is 10.3. The average Bonchev–Trinajstić information content (AvgIpc) is 2.81. The summed E-state index contributed by atoms with van der Waals surface area (Å²) in [7, 11) is 1.77. The summed E-state index contributed by atoms with van der Waals surface area (Å²) in [6.07, 6.45) is 3.52. The Hall–Kier alpha value is -2.30. The molecule has 0 atom stereocenters. The van der Waals surface area contributed by atoms with Crippen molar-refractivity contribution in [2.24, 2.45) is 0 Å². The van der Waals surface area contributed by atoms with E-state index in [0.717, 1.165) is 5.69 Å². The van der Waals surface area contributed by atoms with Crippen LogP contribution in [0, 0.1) is 0 Å². The third-order valence-corrected chi connectivity index (χ3v) is 3.12. The molecule has 5 nitrogen and oxygen atoms in total. The van der Waals surface area contributed by atoms with Crippen LogP contribution in [0.3, 0.4) is 0 Å². The molecule has 1 amide bonds. The Morgan fingerprint density at radius 2 is 2.20 bits per heavy atom. The number of aromatic nitrogens is 2. The van der Waals surface area contributed by atoms with E-state index in [1.807, 2.05) is 36.6 Å². The van der Waals surface area contributed by atoms with Crippen LogP contribution >= 0.6 is 0 Å². The Bertz CT molecular complexity index is 589. The van der Waals surface area contributed by atoms with Crippen LogP contribution in [0.1, 0.15) is 36.1 Å². The fourth-order valence-electron chi connectivity index (χ4n) is 2.10. The van der Waals surface area contributed by atoms with Crippen molar-refractivity contribution in [3.63, 3.8) is 0 Å². The Labute approximate surface area is 119 Å². The summed E-state index contributed by atoms with van der Waals surface area (Å²) in [6.45, 7) is 4.52. The van der Waals surface area contributed by atoms with Gasteiger partial charge in [-0.05, 0) is 32.0 Å². The van der Waals surface area contributed by atoms with E-state index in [9.17, 15) is 4.79 Å². The molecule has 2 aromatic rings. The fraction of sp³-hybridized carbons (Fsp3) is 0.333. The number of pyridine rings is 1. The standard InChI is InChI=1S/C15H20N4O/c1-11(2)19-9-12(16)8-14(19)15(20)18(3)10-13-6-4-5-7-17-13/h4-9,11H,10,16H2,1-3H3. The summed E-state index contributed by atoms with van der Waals surface area (Å²) in [5.74, 6) is -0.0546. The number of amides is 1. The molecular formula is C15H20N4O. The molecule has 0 aliphatic rings. The molecule has 5 heteroatoms. The number of hydrogen-bond acceptors (Lipinski definition) is 3. The third-order valence-electron chi connectivity index (χ3n) is 3.12. The van der Waals surface area contributed by atoms with E-state index in [1.54, 1.807) is 30.4 Å². The molecule has 2 aromatic heterocycles. The number of hydrogen-bond donors (Lipinski definition) is 1. The van der Waals surface area contributed by atoms with Gasteiger partial charge in [0.15, 0.2) is 0 Å². The molecule has 0 fully saturated rings. The second-order valence-corrected chi connectivity index (χ2v) is 5.14. The highest BCUT2D eigenvalue weighted by Crippen LogP contribution is 2.18. The summed E-state index contributed by atoms with van der Waals surface area (Å²) >= 11 is 0. The van der Waals surface area contributed by atoms with E-state index in [4.69, 9.17) is 5.73 Å². The van der Waals surface area contributed by atoms with Gasteiger partial charge < -0.3 is 15.2 Å². The van der Waals surface area contributed by atoms with E-state index in [2.05, 4.69) is 4.98 Å². The van der Waals surface area contributed by atoms with Gasteiger partial charge in [-0.2, -0.15) is 0 Å². The van der Waals surface area contributed by atoms with E-state index < -0.39 is 0 Å². The summed E-state index contributed by atoms with van der Waals surface area (Å²) in [5.41, 5.74) is 7.88. The number of nitrogen functional groups attached to an aromatic ring is 1. The number of carbonyl (C=O) groups excluding carboxylic acids is 1. The molecule has 0 spiro atoms. The van der Waals surface area contributed by atoms with E-state index >= 15 is 0 Å². The molecule has 2 N–H and O–H groups in total. The lowest BCUT2D eigenvalue weighted by Gasteiger charge is -2.19. The first-order chi connectivity index (χ1) is 9.49. The molecule has 106 valence electrons. The number of carbonyl (C=O) groups is 1. The van der Waals surface area contributed by atoms with Gasteiger partial charge in [-0.15, -0.1) is 0 Å². The predicted molar refractivity (Wildman–Crippen MR) is 79.3 cm³/mol. The molecule has 0 saturated carbocycles. The lowest BCUT2D eigenvalue weighted by Crippen LogP contribution is -2.28. The van der Waals surface area contributed by atoms with Gasteiger partial charge in [-0.3, -0.25) is 9.78 Å². The first-order valence-electron chi connectivity index (χ1n) is 6.61.